The van der Waals surface area contributed by atoms with Gasteiger partial charge in [-0.25, -0.2) is 24.6 Å². The average molecular weight is 933 g/mol. The molecule has 6 N–H and O–H groups in total. The molecule has 2 fully saturated rings. The van der Waals surface area contributed by atoms with Crippen molar-refractivity contribution in [3.8, 4) is 34.3 Å². The van der Waals surface area contributed by atoms with Gasteiger partial charge in [0.2, 0.25) is 11.4 Å². The standard InChI is InChI=1S/C23H29N5O3.C21H25N5O3.C2HF3O2/c1-4-30-23(29)21-22(27-28-26-21)31-18-11-9-16(10-12-18)15-5-7-17(8-6-15)20-13-19(14(2)3)24-25-20;1-12(2)17-11-18(23-22-17)15-5-3-13(4-6-15)14-7-9-16(10-8-14)29-20-19(21(27)28)24-26-25-20;3-2(4,5)1(6)7/h5-8,13-14,16,18H,4,9-12H2,1-3H3,(H,24,25)(H,26,27,28);3-6,11-12,14,16H,7-10H2,1-2H3,(H,22,23)(H,27,28)(H,24,25,26);(H,6,7). The van der Waals surface area contributed by atoms with E-state index >= 15 is 0 Å². The van der Waals surface area contributed by atoms with Crippen LogP contribution in [-0.4, -0.2) is 104 Å². The summed E-state index contributed by atoms with van der Waals surface area (Å²) in [6.45, 7) is 10.6. The number of carboxylic acid groups (broad SMARTS) is 2. The third-order valence-electron chi connectivity index (χ3n) is 11.7. The molecule has 0 saturated heterocycles. The molecule has 2 aliphatic carbocycles. The summed E-state index contributed by atoms with van der Waals surface area (Å²) in [4.78, 5) is 32.0. The minimum atomic E-state index is -5.08. The van der Waals surface area contributed by atoms with Crippen molar-refractivity contribution in [2.45, 2.75) is 128 Å². The van der Waals surface area contributed by atoms with Crippen molar-refractivity contribution in [2.75, 3.05) is 6.61 Å². The van der Waals surface area contributed by atoms with Crippen molar-refractivity contribution in [1.29, 1.82) is 0 Å². The molecular formula is C46H55F3N10O8. The topological polar surface area (TPSA) is 260 Å². The number of benzene rings is 2. The first-order valence-corrected chi connectivity index (χ1v) is 22.2. The summed E-state index contributed by atoms with van der Waals surface area (Å²) in [5.41, 5.74) is 9.23. The summed E-state index contributed by atoms with van der Waals surface area (Å²) in [6, 6.07) is 21.6. The van der Waals surface area contributed by atoms with Crippen LogP contribution in [0, 0.1) is 0 Å². The van der Waals surface area contributed by atoms with E-state index in [0.29, 0.717) is 30.3 Å². The second-order valence-electron chi connectivity index (χ2n) is 17.0. The lowest BCUT2D eigenvalue weighted by molar-refractivity contribution is -0.192. The second kappa shape index (κ2) is 22.4. The van der Waals surface area contributed by atoms with E-state index < -0.39 is 24.1 Å². The number of ether oxygens (including phenoxy) is 3. The Balaban J connectivity index is 0.000000194. The number of carbonyl (C=O) groups excluding carboxylic acids is 1. The van der Waals surface area contributed by atoms with Gasteiger partial charge in [-0.15, -0.1) is 0 Å². The number of aliphatic carboxylic acids is 1. The van der Waals surface area contributed by atoms with Crippen molar-refractivity contribution in [1.82, 2.24) is 51.2 Å². The normalized spacial score (nSPS) is 18.3. The summed E-state index contributed by atoms with van der Waals surface area (Å²) in [5.74, 6) is -2.22. The molecule has 18 nitrogen and oxygen atoms in total. The maximum atomic E-state index is 11.9. The Morgan fingerprint density at radius 1 is 0.642 bits per heavy atom. The van der Waals surface area contributed by atoms with Gasteiger partial charge in [-0.1, -0.05) is 96.9 Å². The molecule has 4 aromatic heterocycles. The molecule has 0 aliphatic heterocycles. The van der Waals surface area contributed by atoms with Crippen LogP contribution in [-0.2, 0) is 9.53 Å². The van der Waals surface area contributed by atoms with Crippen LogP contribution in [0.2, 0.25) is 0 Å². The van der Waals surface area contributed by atoms with E-state index in [0.717, 1.165) is 85.3 Å². The average Bonchev–Trinajstić information content (AvgIpc) is 4.16. The zero-order valence-electron chi connectivity index (χ0n) is 37.8. The third kappa shape index (κ3) is 13.3. The van der Waals surface area contributed by atoms with Crippen molar-refractivity contribution in [2.24, 2.45) is 0 Å². The fourth-order valence-electron chi connectivity index (χ4n) is 7.83. The highest BCUT2D eigenvalue weighted by atomic mass is 19.4. The van der Waals surface area contributed by atoms with E-state index in [4.69, 9.17) is 29.2 Å². The van der Waals surface area contributed by atoms with Crippen LogP contribution in [0.3, 0.4) is 0 Å². The Labute approximate surface area is 383 Å². The molecule has 358 valence electrons. The number of nitrogens with zero attached hydrogens (tertiary/aromatic N) is 6. The number of nitrogens with one attached hydrogen (secondary N) is 4. The van der Waals surface area contributed by atoms with Gasteiger partial charge in [-0.3, -0.25) is 10.2 Å². The molecule has 0 bridgehead atoms. The monoisotopic (exact) mass is 932 g/mol. The maximum Gasteiger partial charge on any atom is 0.490 e. The van der Waals surface area contributed by atoms with Crippen LogP contribution in [0.4, 0.5) is 13.2 Å². The molecular weight excluding hydrogens is 878 g/mol. The SMILES string of the molecule is CC(C)c1cc(-c2ccc(C3CCC(Oc4nn[nH]c4C(=O)O)CC3)cc2)n[nH]1.CCOC(=O)c1[nH]nnc1OC1CCC(c2ccc(-c3cc(C(C)C)[nH]n3)cc2)CC1.O=C(O)C(F)(F)F. The van der Waals surface area contributed by atoms with Crippen LogP contribution < -0.4 is 9.47 Å². The number of esters is 1. The van der Waals surface area contributed by atoms with Crippen LogP contribution >= 0.6 is 0 Å². The van der Waals surface area contributed by atoms with Crippen LogP contribution in [0.1, 0.15) is 153 Å². The first kappa shape index (κ1) is 49.4. The number of halogens is 3. The Morgan fingerprint density at radius 3 is 1.37 bits per heavy atom. The number of H-pyrrole nitrogens is 4. The van der Waals surface area contributed by atoms with Gasteiger partial charge in [0.1, 0.15) is 12.2 Å². The molecule has 21 heteroatoms. The minimum Gasteiger partial charge on any atom is -0.476 e. The summed E-state index contributed by atoms with van der Waals surface area (Å²) >= 11 is 0. The van der Waals surface area contributed by atoms with Crippen LogP contribution in [0.5, 0.6) is 11.8 Å². The highest BCUT2D eigenvalue weighted by Crippen LogP contribution is 2.37. The predicted molar refractivity (Wildman–Crippen MR) is 237 cm³/mol. The van der Waals surface area contributed by atoms with Crippen molar-refractivity contribution in [3.63, 3.8) is 0 Å². The summed E-state index contributed by atoms with van der Waals surface area (Å²) in [7, 11) is 0. The highest BCUT2D eigenvalue weighted by molar-refractivity contribution is 5.89. The Hall–Kier alpha value is -7.06. The number of hydrogen-bond acceptors (Lipinski definition) is 12. The van der Waals surface area contributed by atoms with E-state index in [9.17, 15) is 22.8 Å². The van der Waals surface area contributed by atoms with Gasteiger partial charge >= 0.3 is 24.1 Å². The number of alkyl halides is 3. The van der Waals surface area contributed by atoms with Crippen molar-refractivity contribution < 1.29 is 52.0 Å². The van der Waals surface area contributed by atoms with E-state index in [1.54, 1.807) is 6.92 Å². The fraction of sp³-hybridized carbons (Fsp3) is 0.457. The van der Waals surface area contributed by atoms with Gasteiger partial charge in [0.15, 0.2) is 0 Å². The predicted octanol–water partition coefficient (Wildman–Crippen LogP) is 9.36. The molecule has 6 aromatic rings. The summed E-state index contributed by atoms with van der Waals surface area (Å²) in [5, 5.41) is 51.1. The zero-order valence-corrected chi connectivity index (χ0v) is 37.8. The van der Waals surface area contributed by atoms with Crippen LogP contribution in [0.15, 0.2) is 60.7 Å². The molecule has 67 heavy (non-hydrogen) atoms. The van der Waals surface area contributed by atoms with E-state index in [1.807, 2.05) is 0 Å². The number of aromatic nitrogens is 10. The Kier molecular flexibility index (Phi) is 16.5. The molecule has 0 spiro atoms. The number of hydrogen-bond donors (Lipinski definition) is 6. The fourth-order valence-corrected chi connectivity index (χ4v) is 7.83. The molecule has 2 aromatic carbocycles. The summed E-state index contributed by atoms with van der Waals surface area (Å²) < 4.78 is 48.5. The third-order valence-corrected chi connectivity index (χ3v) is 11.7. The quantitative estimate of drug-likeness (QED) is 0.0590. The van der Waals surface area contributed by atoms with Gasteiger partial charge in [-0.2, -0.15) is 23.4 Å². The lowest BCUT2D eigenvalue weighted by Gasteiger charge is -2.28. The Bertz CT molecular complexity index is 2520. The van der Waals surface area contributed by atoms with E-state index in [2.05, 4.69) is 140 Å². The minimum absolute atomic E-state index is 0.0207. The number of carboxylic acids is 2. The molecule has 2 saturated carbocycles. The first-order valence-electron chi connectivity index (χ1n) is 22.2. The van der Waals surface area contributed by atoms with Crippen LogP contribution in [0.25, 0.3) is 22.5 Å². The lowest BCUT2D eigenvalue weighted by Crippen LogP contribution is -2.24. The van der Waals surface area contributed by atoms with Gasteiger partial charge in [0, 0.05) is 22.5 Å². The van der Waals surface area contributed by atoms with Crippen molar-refractivity contribution in [3.05, 3.63) is 94.6 Å². The molecule has 0 atom stereocenters. The van der Waals surface area contributed by atoms with E-state index in [1.165, 1.54) is 11.1 Å². The summed E-state index contributed by atoms with van der Waals surface area (Å²) in [6.07, 6.45) is 2.45. The molecule has 2 aliphatic rings. The second-order valence-corrected chi connectivity index (χ2v) is 17.0. The van der Waals surface area contributed by atoms with Gasteiger partial charge in [0.05, 0.1) is 18.0 Å². The lowest BCUT2D eigenvalue weighted by atomic mass is 9.82. The molecule has 0 amide bonds. The Morgan fingerprint density at radius 2 is 1.03 bits per heavy atom. The number of rotatable bonds is 13. The van der Waals surface area contributed by atoms with Crippen molar-refractivity contribution >= 4 is 17.9 Å². The van der Waals surface area contributed by atoms with Gasteiger partial charge in [-0.05, 0) is 105 Å². The number of aromatic amines is 4. The number of carbonyl (C=O) groups is 3. The highest BCUT2D eigenvalue weighted by Gasteiger charge is 2.38. The maximum absolute atomic E-state index is 11.9. The van der Waals surface area contributed by atoms with E-state index in [-0.39, 0.29) is 35.4 Å². The molecule has 4 heterocycles. The molecule has 8 rings (SSSR count). The zero-order chi connectivity index (χ0) is 48.3. The largest absolute Gasteiger partial charge is 0.490 e. The van der Waals surface area contributed by atoms with Gasteiger partial charge < -0.3 is 24.4 Å². The van der Waals surface area contributed by atoms with Gasteiger partial charge in [0.25, 0.3) is 11.8 Å². The molecule has 0 radical (unpaired) electrons. The smallest absolute Gasteiger partial charge is 0.476 e. The number of aromatic carboxylic acids is 1. The first-order chi connectivity index (χ1) is 32.0. The molecule has 0 unspecified atom stereocenters.